The van der Waals surface area contributed by atoms with Crippen molar-refractivity contribution in [2.75, 3.05) is 13.2 Å². The third-order valence-corrected chi connectivity index (χ3v) is 10.5. The molecule has 0 radical (unpaired) electrons. The van der Waals surface area contributed by atoms with Crippen molar-refractivity contribution < 1.29 is 29.3 Å². The van der Waals surface area contributed by atoms with Crippen molar-refractivity contribution in [1.82, 2.24) is 0 Å². The number of esters is 2. The topological polar surface area (TPSA) is 93.1 Å². The summed E-state index contributed by atoms with van der Waals surface area (Å²) in [6, 6.07) is 0. The molecule has 0 heterocycles. The van der Waals surface area contributed by atoms with Crippen LogP contribution in [0.4, 0.5) is 0 Å². The standard InChI is InChI=1S/C48H88O6/c1-4-6-7-8-9-10-11-18-22-25-28-31-34-38-45(49)39-36-41-48(52)54-43-46(50)42-53-47(51)40-35-32-29-26-23-20-17-15-13-12-14-16-19-21-24-27-30-33-37-44(3)5-2/h18,22,28,31,34,38,44-46,49-50H,4-17,19-21,23-27,29-30,32-33,35-37,39-43H2,1-3H3/b22-18+,31-28+,38-34+/t44?,45?,46-/m0/s1. The highest BCUT2D eigenvalue weighted by Gasteiger charge is 2.12. The number of rotatable bonds is 41. The summed E-state index contributed by atoms with van der Waals surface area (Å²) in [5.41, 5.74) is 0. The monoisotopic (exact) mass is 761 g/mol. The maximum Gasteiger partial charge on any atom is 0.305 e. The second-order valence-corrected chi connectivity index (χ2v) is 16.0. The lowest BCUT2D eigenvalue weighted by atomic mass is 9.99. The number of hydrogen-bond acceptors (Lipinski definition) is 6. The fraction of sp³-hybridized carbons (Fsp3) is 0.833. The summed E-state index contributed by atoms with van der Waals surface area (Å²) in [5, 5.41) is 20.2. The number of unbranched alkanes of at least 4 members (excludes halogenated alkanes) is 23. The third kappa shape index (κ3) is 41.2. The first kappa shape index (κ1) is 52.1. The van der Waals surface area contributed by atoms with Crippen LogP contribution in [0.25, 0.3) is 0 Å². The average molecular weight is 761 g/mol. The fourth-order valence-corrected chi connectivity index (χ4v) is 6.60. The number of carbonyl (C=O) groups is 2. The molecule has 0 aromatic carbocycles. The lowest BCUT2D eigenvalue weighted by Gasteiger charge is -2.12. The largest absolute Gasteiger partial charge is 0.463 e. The zero-order valence-electron chi connectivity index (χ0n) is 35.8. The van der Waals surface area contributed by atoms with Crippen LogP contribution in [0.5, 0.6) is 0 Å². The van der Waals surface area contributed by atoms with Gasteiger partial charge >= 0.3 is 11.9 Å². The maximum atomic E-state index is 12.0. The smallest absolute Gasteiger partial charge is 0.305 e. The Bertz CT molecular complexity index is 896. The molecule has 2 N–H and O–H groups in total. The van der Waals surface area contributed by atoms with Gasteiger partial charge in [0.25, 0.3) is 0 Å². The van der Waals surface area contributed by atoms with E-state index in [9.17, 15) is 19.8 Å². The Hall–Kier alpha value is -1.92. The molecule has 0 aromatic rings. The van der Waals surface area contributed by atoms with E-state index in [0.29, 0.717) is 19.3 Å². The molecule has 0 bridgehead atoms. The van der Waals surface area contributed by atoms with Crippen molar-refractivity contribution in [2.45, 2.75) is 238 Å². The van der Waals surface area contributed by atoms with Crippen LogP contribution < -0.4 is 0 Å². The summed E-state index contributed by atoms with van der Waals surface area (Å²) in [6.07, 6.45) is 48.1. The van der Waals surface area contributed by atoms with Crippen LogP contribution in [-0.4, -0.2) is 47.6 Å². The van der Waals surface area contributed by atoms with Gasteiger partial charge in [0.15, 0.2) is 0 Å². The van der Waals surface area contributed by atoms with Gasteiger partial charge < -0.3 is 19.7 Å². The van der Waals surface area contributed by atoms with Crippen molar-refractivity contribution in [3.8, 4) is 0 Å². The molecular weight excluding hydrogens is 673 g/mol. The first-order valence-corrected chi connectivity index (χ1v) is 23.0. The van der Waals surface area contributed by atoms with E-state index in [1.807, 2.05) is 12.2 Å². The van der Waals surface area contributed by atoms with Crippen LogP contribution in [0, 0.1) is 5.92 Å². The van der Waals surface area contributed by atoms with E-state index in [1.165, 1.54) is 148 Å². The molecule has 0 rings (SSSR count). The average Bonchev–Trinajstić information content (AvgIpc) is 3.17. The van der Waals surface area contributed by atoms with Crippen LogP contribution in [0.3, 0.4) is 0 Å². The Morgan fingerprint density at radius 3 is 1.50 bits per heavy atom. The predicted molar refractivity (Wildman–Crippen MR) is 230 cm³/mol. The summed E-state index contributed by atoms with van der Waals surface area (Å²) in [4.78, 5) is 24.0. The van der Waals surface area contributed by atoms with E-state index in [0.717, 1.165) is 38.0 Å². The minimum absolute atomic E-state index is 0.162. The van der Waals surface area contributed by atoms with E-state index in [2.05, 4.69) is 39.0 Å². The van der Waals surface area contributed by atoms with Crippen LogP contribution in [-0.2, 0) is 19.1 Å². The molecule has 316 valence electrons. The molecule has 0 spiro atoms. The van der Waals surface area contributed by atoms with Crippen molar-refractivity contribution in [3.63, 3.8) is 0 Å². The second kappa shape index (κ2) is 42.2. The SMILES string of the molecule is CCCCCCCC/C=C/C/C=C/C=C/C(O)CCCC(=O)OC[C@@H](O)COC(=O)CCCCCCCCCCCCCCCCCCCCC(C)CC. The molecule has 0 saturated carbocycles. The third-order valence-electron chi connectivity index (χ3n) is 10.5. The number of ether oxygens (including phenoxy) is 2. The van der Waals surface area contributed by atoms with E-state index in [-0.39, 0.29) is 25.6 Å². The summed E-state index contributed by atoms with van der Waals surface area (Å²) >= 11 is 0. The van der Waals surface area contributed by atoms with Crippen molar-refractivity contribution in [3.05, 3.63) is 36.5 Å². The Morgan fingerprint density at radius 1 is 0.519 bits per heavy atom. The van der Waals surface area contributed by atoms with Gasteiger partial charge in [-0.25, -0.2) is 0 Å². The molecule has 6 nitrogen and oxygen atoms in total. The molecule has 0 amide bonds. The molecule has 0 fully saturated rings. The number of carbonyl (C=O) groups excluding carboxylic acids is 2. The first-order chi connectivity index (χ1) is 26.4. The van der Waals surface area contributed by atoms with E-state index >= 15 is 0 Å². The van der Waals surface area contributed by atoms with Crippen LogP contribution in [0.1, 0.15) is 226 Å². The maximum absolute atomic E-state index is 12.0. The molecule has 0 saturated heterocycles. The summed E-state index contributed by atoms with van der Waals surface area (Å²) in [7, 11) is 0. The molecule has 0 aromatic heterocycles. The molecule has 54 heavy (non-hydrogen) atoms. The molecule has 0 aliphatic rings. The van der Waals surface area contributed by atoms with E-state index in [1.54, 1.807) is 6.08 Å². The zero-order valence-corrected chi connectivity index (χ0v) is 35.8. The quantitative estimate of drug-likeness (QED) is 0.0279. The highest BCUT2D eigenvalue weighted by molar-refractivity contribution is 5.69. The summed E-state index contributed by atoms with van der Waals surface area (Å²) in [5.74, 6) is 0.162. The van der Waals surface area contributed by atoms with Crippen LogP contribution >= 0.6 is 0 Å². The van der Waals surface area contributed by atoms with E-state index in [4.69, 9.17) is 9.47 Å². The van der Waals surface area contributed by atoms with Gasteiger partial charge in [0.05, 0.1) is 6.10 Å². The lowest BCUT2D eigenvalue weighted by molar-refractivity contribution is -0.152. The zero-order chi connectivity index (χ0) is 39.6. The van der Waals surface area contributed by atoms with Gasteiger partial charge in [0, 0.05) is 12.8 Å². The van der Waals surface area contributed by atoms with Gasteiger partial charge in [-0.2, -0.15) is 0 Å². The highest BCUT2D eigenvalue weighted by atomic mass is 16.6. The number of hydrogen-bond donors (Lipinski definition) is 2. The fourth-order valence-electron chi connectivity index (χ4n) is 6.60. The van der Waals surface area contributed by atoms with Crippen molar-refractivity contribution >= 4 is 11.9 Å². The van der Waals surface area contributed by atoms with Gasteiger partial charge in [-0.15, -0.1) is 0 Å². The first-order valence-electron chi connectivity index (χ1n) is 23.0. The molecule has 0 aliphatic heterocycles. The molecular formula is C48H88O6. The lowest BCUT2D eigenvalue weighted by Crippen LogP contribution is -2.25. The van der Waals surface area contributed by atoms with Gasteiger partial charge in [0.1, 0.15) is 19.3 Å². The molecule has 0 aliphatic carbocycles. The Morgan fingerprint density at radius 2 is 0.981 bits per heavy atom. The summed E-state index contributed by atoms with van der Waals surface area (Å²) in [6.45, 7) is 6.55. The van der Waals surface area contributed by atoms with Crippen LogP contribution in [0.2, 0.25) is 0 Å². The van der Waals surface area contributed by atoms with Gasteiger partial charge in [-0.3, -0.25) is 9.59 Å². The van der Waals surface area contributed by atoms with Crippen LogP contribution in [0.15, 0.2) is 36.5 Å². The minimum Gasteiger partial charge on any atom is -0.463 e. The van der Waals surface area contributed by atoms with Gasteiger partial charge in [0.2, 0.25) is 0 Å². The molecule has 2 unspecified atom stereocenters. The highest BCUT2D eigenvalue weighted by Crippen LogP contribution is 2.17. The summed E-state index contributed by atoms with van der Waals surface area (Å²) < 4.78 is 10.3. The van der Waals surface area contributed by atoms with Crippen molar-refractivity contribution in [2.24, 2.45) is 5.92 Å². The Labute approximate surface area is 334 Å². The predicted octanol–water partition coefficient (Wildman–Crippen LogP) is 13.6. The molecule has 6 heteroatoms. The Kier molecular flexibility index (Phi) is 40.7. The van der Waals surface area contributed by atoms with Crippen molar-refractivity contribution in [1.29, 1.82) is 0 Å². The second-order valence-electron chi connectivity index (χ2n) is 16.0. The number of aliphatic hydroxyl groups is 2. The molecule has 3 atom stereocenters. The van der Waals surface area contributed by atoms with E-state index < -0.39 is 18.2 Å². The minimum atomic E-state index is -1.03. The van der Waals surface area contributed by atoms with Gasteiger partial charge in [-0.1, -0.05) is 211 Å². The van der Waals surface area contributed by atoms with Gasteiger partial charge in [-0.05, 0) is 44.4 Å². The normalized spacial score (nSPS) is 13.6. The Balaban J connectivity index is 3.53. The number of allylic oxidation sites excluding steroid dienone is 5. The number of aliphatic hydroxyl groups excluding tert-OH is 2.